The molecule has 15 heavy (non-hydrogen) atoms. The highest BCUT2D eigenvalue weighted by Crippen LogP contribution is 2.17. The minimum absolute atomic E-state index is 0.476. The number of rotatable bonds is 2. The third-order valence-corrected chi connectivity index (χ3v) is 1.88. The van der Waals surface area contributed by atoms with Crippen molar-refractivity contribution in [3.05, 3.63) is 35.4 Å². The highest BCUT2D eigenvalue weighted by molar-refractivity contribution is 5.85. The van der Waals surface area contributed by atoms with Crippen LogP contribution >= 0.6 is 0 Å². The molecule has 0 spiro atoms. The second-order valence-electron chi connectivity index (χ2n) is 2.95. The number of allylic oxidation sites excluding steroid dienone is 1. The maximum absolute atomic E-state index is 8.88. The maximum Gasteiger partial charge on any atom is 0.0998 e. The molecule has 0 aliphatic rings. The number of nitrogens with zero attached hydrogens (tertiary/aromatic N) is 2. The van der Waals surface area contributed by atoms with Crippen molar-refractivity contribution in [2.24, 2.45) is 10.7 Å². The van der Waals surface area contributed by atoms with Crippen LogP contribution in [0.2, 0.25) is 0 Å². The van der Waals surface area contributed by atoms with Gasteiger partial charge in [-0.25, -0.2) is 0 Å². The predicted octanol–water partition coefficient (Wildman–Crippen LogP) is 1.14. The van der Waals surface area contributed by atoms with Crippen LogP contribution in [-0.2, 0) is 0 Å². The van der Waals surface area contributed by atoms with E-state index in [0.29, 0.717) is 22.5 Å². The minimum atomic E-state index is 0.476. The maximum atomic E-state index is 8.88. The lowest BCUT2D eigenvalue weighted by Crippen LogP contribution is -2.01. The van der Waals surface area contributed by atoms with E-state index in [0.717, 1.165) is 0 Å². The van der Waals surface area contributed by atoms with Crippen molar-refractivity contribution in [3.8, 4) is 6.07 Å². The first kappa shape index (κ1) is 10.8. The first-order valence-electron chi connectivity index (χ1n) is 4.37. The average Bonchev–Trinajstić information content (AvgIpc) is 2.25. The Labute approximate surface area is 88.5 Å². The van der Waals surface area contributed by atoms with Gasteiger partial charge < -0.3 is 11.5 Å². The number of nitrogens with two attached hydrogens (primary N) is 2. The fraction of sp³-hybridized carbons (Fsp3) is 0.0909. The first-order valence-corrected chi connectivity index (χ1v) is 4.37. The first-order chi connectivity index (χ1) is 7.19. The normalized spacial score (nSPS) is 11.6. The second kappa shape index (κ2) is 4.82. The number of nitrogen functional groups attached to an aromatic ring is 1. The molecule has 0 radical (unpaired) electrons. The van der Waals surface area contributed by atoms with Crippen LogP contribution in [0.4, 0.5) is 5.69 Å². The van der Waals surface area contributed by atoms with Crippen molar-refractivity contribution in [1.82, 2.24) is 0 Å². The van der Waals surface area contributed by atoms with Crippen LogP contribution in [0.25, 0.3) is 5.70 Å². The van der Waals surface area contributed by atoms with Gasteiger partial charge in [0.2, 0.25) is 0 Å². The Balaban J connectivity index is 3.24. The number of hydrogen-bond donors (Lipinski definition) is 2. The highest BCUT2D eigenvalue weighted by atomic mass is 14.6. The number of hydrogen-bond acceptors (Lipinski definition) is 4. The molecule has 0 bridgehead atoms. The minimum Gasteiger partial charge on any atom is -0.399 e. The molecule has 0 saturated heterocycles. The summed E-state index contributed by atoms with van der Waals surface area (Å²) >= 11 is 0. The molecule has 0 heterocycles. The third-order valence-electron chi connectivity index (χ3n) is 1.88. The average molecular weight is 200 g/mol. The number of aliphatic imine (C=N–C) groups is 1. The molecular formula is C11H12N4. The van der Waals surface area contributed by atoms with Gasteiger partial charge in [-0.3, -0.25) is 4.99 Å². The molecular weight excluding hydrogens is 188 g/mol. The second-order valence-corrected chi connectivity index (χ2v) is 2.95. The molecule has 1 aromatic rings. The van der Waals surface area contributed by atoms with E-state index in [4.69, 9.17) is 16.7 Å². The van der Waals surface area contributed by atoms with Crippen LogP contribution in [0.1, 0.15) is 11.1 Å². The third kappa shape index (κ3) is 2.58. The molecule has 0 atom stereocenters. The molecule has 76 valence electrons. The van der Waals surface area contributed by atoms with Crippen molar-refractivity contribution in [2.75, 3.05) is 12.8 Å². The fourth-order valence-electron chi connectivity index (χ4n) is 1.14. The van der Waals surface area contributed by atoms with E-state index in [1.54, 1.807) is 37.5 Å². The van der Waals surface area contributed by atoms with Gasteiger partial charge in [-0.2, -0.15) is 5.26 Å². The van der Waals surface area contributed by atoms with Gasteiger partial charge >= 0.3 is 0 Å². The predicted molar refractivity (Wildman–Crippen MR) is 62.1 cm³/mol. The summed E-state index contributed by atoms with van der Waals surface area (Å²) in [6.07, 6.45) is 3.20. The van der Waals surface area contributed by atoms with Gasteiger partial charge in [0.05, 0.1) is 11.6 Å². The largest absolute Gasteiger partial charge is 0.399 e. The summed E-state index contributed by atoms with van der Waals surface area (Å²) in [5, 5.41) is 8.88. The fourth-order valence-corrected chi connectivity index (χ4v) is 1.14. The summed E-state index contributed by atoms with van der Waals surface area (Å²) < 4.78 is 0. The van der Waals surface area contributed by atoms with E-state index in [1.807, 2.05) is 0 Å². The van der Waals surface area contributed by atoms with E-state index in [1.165, 1.54) is 0 Å². The Morgan fingerprint density at radius 1 is 1.53 bits per heavy atom. The molecule has 0 aliphatic carbocycles. The van der Waals surface area contributed by atoms with Gasteiger partial charge in [0.25, 0.3) is 0 Å². The number of nitriles is 1. The SMILES string of the molecule is CN=C/C=C(\N)c1cc(N)ccc1C#N. The van der Waals surface area contributed by atoms with Gasteiger partial charge in [-0.05, 0) is 24.3 Å². The van der Waals surface area contributed by atoms with Gasteiger partial charge in [0, 0.05) is 30.2 Å². The lowest BCUT2D eigenvalue weighted by atomic mass is 10.0. The van der Waals surface area contributed by atoms with Gasteiger partial charge in [-0.15, -0.1) is 0 Å². The quantitative estimate of drug-likeness (QED) is 0.554. The van der Waals surface area contributed by atoms with Crippen molar-refractivity contribution in [2.45, 2.75) is 0 Å². The zero-order valence-electron chi connectivity index (χ0n) is 8.44. The van der Waals surface area contributed by atoms with Crippen LogP contribution in [-0.4, -0.2) is 13.3 Å². The number of anilines is 1. The molecule has 0 aromatic heterocycles. The van der Waals surface area contributed by atoms with Crippen molar-refractivity contribution < 1.29 is 0 Å². The van der Waals surface area contributed by atoms with Crippen LogP contribution in [0.3, 0.4) is 0 Å². The molecule has 0 fully saturated rings. The topological polar surface area (TPSA) is 88.2 Å². The van der Waals surface area contributed by atoms with E-state index in [9.17, 15) is 0 Å². The smallest absolute Gasteiger partial charge is 0.0998 e. The highest BCUT2D eigenvalue weighted by Gasteiger charge is 2.04. The lowest BCUT2D eigenvalue weighted by Gasteiger charge is -2.04. The van der Waals surface area contributed by atoms with Crippen molar-refractivity contribution in [3.63, 3.8) is 0 Å². The molecule has 4 nitrogen and oxygen atoms in total. The summed E-state index contributed by atoms with van der Waals surface area (Å²) in [5.41, 5.74) is 13.6. The number of benzene rings is 1. The molecule has 1 rings (SSSR count). The summed E-state index contributed by atoms with van der Waals surface area (Å²) in [6.45, 7) is 0. The lowest BCUT2D eigenvalue weighted by molar-refractivity contribution is 1.43. The molecule has 0 unspecified atom stereocenters. The van der Waals surface area contributed by atoms with E-state index in [-0.39, 0.29) is 0 Å². The van der Waals surface area contributed by atoms with Crippen LogP contribution in [0, 0.1) is 11.3 Å². The van der Waals surface area contributed by atoms with E-state index in [2.05, 4.69) is 11.1 Å². The summed E-state index contributed by atoms with van der Waals surface area (Å²) in [7, 11) is 1.65. The van der Waals surface area contributed by atoms with Crippen LogP contribution < -0.4 is 11.5 Å². The zero-order chi connectivity index (χ0) is 11.3. The molecule has 4 N–H and O–H groups in total. The summed E-state index contributed by atoms with van der Waals surface area (Å²) in [5.74, 6) is 0. The molecule has 1 aromatic carbocycles. The monoisotopic (exact) mass is 200 g/mol. The Hall–Kier alpha value is -2.28. The van der Waals surface area contributed by atoms with Crippen LogP contribution in [0.15, 0.2) is 29.3 Å². The van der Waals surface area contributed by atoms with Crippen LogP contribution in [0.5, 0.6) is 0 Å². The van der Waals surface area contributed by atoms with Crippen molar-refractivity contribution in [1.29, 1.82) is 5.26 Å². The summed E-state index contributed by atoms with van der Waals surface area (Å²) in [4.78, 5) is 3.78. The van der Waals surface area contributed by atoms with E-state index < -0.39 is 0 Å². The zero-order valence-corrected chi connectivity index (χ0v) is 8.44. The van der Waals surface area contributed by atoms with Gasteiger partial charge in [0.1, 0.15) is 0 Å². The molecule has 0 saturated carbocycles. The standard InChI is InChI=1S/C11H12N4/c1-15-5-4-11(14)10-6-9(13)3-2-8(10)7-12/h2-6H,13-14H2,1H3/b11-4-,15-5?. The summed E-state index contributed by atoms with van der Waals surface area (Å²) in [6, 6.07) is 7.05. The Morgan fingerprint density at radius 2 is 2.27 bits per heavy atom. The Morgan fingerprint density at radius 3 is 2.87 bits per heavy atom. The molecule has 4 heteroatoms. The Bertz CT molecular complexity index is 452. The Kier molecular flexibility index (Phi) is 3.47. The molecule has 0 amide bonds. The molecule has 0 aliphatic heterocycles. The van der Waals surface area contributed by atoms with Crippen molar-refractivity contribution >= 4 is 17.6 Å². The van der Waals surface area contributed by atoms with Gasteiger partial charge in [-0.1, -0.05) is 0 Å². The van der Waals surface area contributed by atoms with E-state index >= 15 is 0 Å². The van der Waals surface area contributed by atoms with Gasteiger partial charge in [0.15, 0.2) is 0 Å².